The molecule has 0 saturated carbocycles. The van der Waals surface area contributed by atoms with Gasteiger partial charge in [0.1, 0.15) is 0 Å². The zero-order chi connectivity index (χ0) is 15.6. The Balaban J connectivity index is 1.49. The van der Waals surface area contributed by atoms with Crippen LogP contribution in [0.1, 0.15) is 25.7 Å². The van der Waals surface area contributed by atoms with Gasteiger partial charge in [-0.05, 0) is 31.9 Å². The lowest BCUT2D eigenvalue weighted by Gasteiger charge is -2.41. The molecule has 1 aromatic heterocycles. The molecule has 7 nitrogen and oxygen atoms in total. The number of carboxylic acid groups (broad SMARTS) is 1. The van der Waals surface area contributed by atoms with E-state index < -0.39 is 17.4 Å². The molecule has 1 amide bonds. The molecular weight excluding hydrogens is 284 g/mol. The molecule has 1 atom stereocenters. The van der Waals surface area contributed by atoms with Gasteiger partial charge in [-0.25, -0.2) is 0 Å². The predicted octanol–water partition coefficient (Wildman–Crippen LogP) is 0.328. The minimum absolute atomic E-state index is 0.120. The van der Waals surface area contributed by atoms with Crippen LogP contribution in [0, 0.1) is 5.92 Å². The first-order chi connectivity index (χ1) is 10.6. The van der Waals surface area contributed by atoms with Crippen LogP contribution >= 0.6 is 0 Å². The first-order valence-corrected chi connectivity index (χ1v) is 7.83. The Morgan fingerprint density at radius 1 is 1.41 bits per heavy atom. The average molecular weight is 306 g/mol. The minimum Gasteiger partial charge on any atom is -0.481 e. The summed E-state index contributed by atoms with van der Waals surface area (Å²) >= 11 is 0. The van der Waals surface area contributed by atoms with Gasteiger partial charge in [0, 0.05) is 38.4 Å². The summed E-state index contributed by atoms with van der Waals surface area (Å²) in [6.45, 7) is 3.54. The highest BCUT2D eigenvalue weighted by Crippen LogP contribution is 2.36. The molecule has 3 rings (SSSR count). The molecule has 0 aromatic carbocycles. The van der Waals surface area contributed by atoms with Crippen molar-refractivity contribution < 1.29 is 14.7 Å². The second-order valence-electron chi connectivity index (χ2n) is 6.26. The highest BCUT2D eigenvalue weighted by molar-refractivity contribution is 5.88. The molecule has 2 N–H and O–H groups in total. The number of nitrogens with zero attached hydrogens (tertiary/aromatic N) is 3. The molecule has 2 aliphatic heterocycles. The number of likely N-dealkylation sites (tertiary alicyclic amines) is 1. The van der Waals surface area contributed by atoms with Gasteiger partial charge in [-0.3, -0.25) is 14.3 Å². The third kappa shape index (κ3) is 2.99. The van der Waals surface area contributed by atoms with Crippen molar-refractivity contribution in [1.29, 1.82) is 0 Å². The van der Waals surface area contributed by atoms with E-state index in [1.165, 1.54) is 0 Å². The minimum atomic E-state index is -0.856. The standard InChI is InChI=1S/C15H22N4O3/c20-13-11-12(14(21)22)15(17-13)3-9-18(10-4-15)6-2-8-19-7-1-5-16-19/h1,5,7,12H,2-4,6,8-11H2,(H,17,20)(H,21,22)/t12-/m1/s1. The van der Waals surface area contributed by atoms with E-state index in [4.69, 9.17) is 0 Å². The van der Waals surface area contributed by atoms with Crippen molar-refractivity contribution in [3.63, 3.8) is 0 Å². The molecule has 0 radical (unpaired) electrons. The highest BCUT2D eigenvalue weighted by atomic mass is 16.4. The summed E-state index contributed by atoms with van der Waals surface area (Å²) in [7, 11) is 0. The molecule has 3 heterocycles. The van der Waals surface area contributed by atoms with Gasteiger partial charge in [0.05, 0.1) is 11.5 Å². The largest absolute Gasteiger partial charge is 0.481 e. The van der Waals surface area contributed by atoms with Crippen LogP contribution in [-0.2, 0) is 16.1 Å². The molecule has 120 valence electrons. The third-order valence-electron chi connectivity index (χ3n) is 4.91. The number of piperidine rings is 1. The van der Waals surface area contributed by atoms with Gasteiger partial charge < -0.3 is 15.3 Å². The Kier molecular flexibility index (Phi) is 4.15. The van der Waals surface area contributed by atoms with E-state index in [1.54, 1.807) is 6.20 Å². The second kappa shape index (κ2) is 6.08. The van der Waals surface area contributed by atoms with Crippen molar-refractivity contribution in [2.24, 2.45) is 5.92 Å². The number of hydrogen-bond acceptors (Lipinski definition) is 4. The van der Waals surface area contributed by atoms with Crippen molar-refractivity contribution >= 4 is 11.9 Å². The Bertz CT molecular complexity index is 535. The topological polar surface area (TPSA) is 87.5 Å². The number of rotatable bonds is 5. The van der Waals surface area contributed by atoms with E-state index in [-0.39, 0.29) is 12.3 Å². The molecule has 0 unspecified atom stereocenters. The lowest BCUT2D eigenvalue weighted by atomic mass is 9.78. The van der Waals surface area contributed by atoms with Crippen LogP contribution in [0.5, 0.6) is 0 Å². The number of hydrogen-bond donors (Lipinski definition) is 2. The number of carbonyl (C=O) groups is 2. The molecular formula is C15H22N4O3. The van der Waals surface area contributed by atoms with Gasteiger partial charge in [0.15, 0.2) is 0 Å². The summed E-state index contributed by atoms with van der Waals surface area (Å²) in [5.74, 6) is -1.56. The third-order valence-corrected chi connectivity index (χ3v) is 4.91. The van der Waals surface area contributed by atoms with Crippen LogP contribution in [0.4, 0.5) is 0 Å². The molecule has 2 aliphatic rings. The summed E-state index contributed by atoms with van der Waals surface area (Å²) in [5, 5.41) is 16.5. The van der Waals surface area contributed by atoms with Gasteiger partial charge in [0.2, 0.25) is 5.91 Å². The first-order valence-electron chi connectivity index (χ1n) is 7.83. The Hall–Kier alpha value is -1.89. The number of nitrogens with one attached hydrogen (secondary N) is 1. The lowest BCUT2D eigenvalue weighted by molar-refractivity contribution is -0.144. The van der Waals surface area contributed by atoms with E-state index in [1.807, 2.05) is 16.9 Å². The van der Waals surface area contributed by atoms with E-state index >= 15 is 0 Å². The lowest BCUT2D eigenvalue weighted by Crippen LogP contribution is -2.55. The smallest absolute Gasteiger partial charge is 0.309 e. The summed E-state index contributed by atoms with van der Waals surface area (Å²) in [5.41, 5.74) is -0.526. The van der Waals surface area contributed by atoms with Crippen LogP contribution in [-0.4, -0.2) is 56.8 Å². The quantitative estimate of drug-likeness (QED) is 0.818. The van der Waals surface area contributed by atoms with E-state index in [0.29, 0.717) is 0 Å². The number of aromatic nitrogens is 2. The maximum Gasteiger partial charge on any atom is 0.309 e. The Labute approximate surface area is 129 Å². The van der Waals surface area contributed by atoms with Gasteiger partial charge in [-0.1, -0.05) is 0 Å². The van der Waals surface area contributed by atoms with Gasteiger partial charge in [-0.15, -0.1) is 0 Å². The summed E-state index contributed by atoms with van der Waals surface area (Å²) in [6.07, 6.45) is 6.31. The van der Waals surface area contributed by atoms with E-state index in [9.17, 15) is 14.7 Å². The number of amides is 1. The van der Waals surface area contributed by atoms with Crippen molar-refractivity contribution in [3.8, 4) is 0 Å². The molecule has 1 spiro atoms. The highest BCUT2D eigenvalue weighted by Gasteiger charge is 2.51. The fourth-order valence-corrected chi connectivity index (χ4v) is 3.66. The fourth-order valence-electron chi connectivity index (χ4n) is 3.66. The number of aliphatic carboxylic acids is 1. The molecule has 0 aliphatic carbocycles. The van der Waals surface area contributed by atoms with E-state index in [0.717, 1.165) is 45.4 Å². The first kappa shape index (κ1) is 15.0. The molecule has 22 heavy (non-hydrogen) atoms. The Morgan fingerprint density at radius 3 is 2.82 bits per heavy atom. The van der Waals surface area contributed by atoms with Gasteiger partial charge in [-0.2, -0.15) is 5.10 Å². The number of aryl methyl sites for hydroxylation is 1. The zero-order valence-corrected chi connectivity index (χ0v) is 12.6. The molecule has 2 fully saturated rings. The van der Waals surface area contributed by atoms with E-state index in [2.05, 4.69) is 15.3 Å². The van der Waals surface area contributed by atoms with Crippen molar-refractivity contribution in [3.05, 3.63) is 18.5 Å². The molecule has 0 bridgehead atoms. The summed E-state index contributed by atoms with van der Waals surface area (Å²) < 4.78 is 1.92. The van der Waals surface area contributed by atoms with Crippen LogP contribution in [0.15, 0.2) is 18.5 Å². The Morgan fingerprint density at radius 2 is 2.18 bits per heavy atom. The molecule has 2 saturated heterocycles. The predicted molar refractivity (Wildman–Crippen MR) is 79.1 cm³/mol. The average Bonchev–Trinajstić information content (AvgIpc) is 3.10. The summed E-state index contributed by atoms with van der Waals surface area (Å²) in [6, 6.07) is 1.92. The molecule has 1 aromatic rings. The van der Waals surface area contributed by atoms with Crippen LogP contribution in [0.25, 0.3) is 0 Å². The maximum absolute atomic E-state index is 11.6. The number of carbonyl (C=O) groups excluding carboxylic acids is 1. The van der Waals surface area contributed by atoms with Gasteiger partial charge >= 0.3 is 5.97 Å². The summed E-state index contributed by atoms with van der Waals surface area (Å²) in [4.78, 5) is 25.4. The van der Waals surface area contributed by atoms with Crippen molar-refractivity contribution in [2.75, 3.05) is 19.6 Å². The van der Waals surface area contributed by atoms with Crippen LogP contribution in [0.3, 0.4) is 0 Å². The van der Waals surface area contributed by atoms with Crippen LogP contribution < -0.4 is 5.32 Å². The number of carboxylic acids is 1. The van der Waals surface area contributed by atoms with Crippen molar-refractivity contribution in [1.82, 2.24) is 20.0 Å². The van der Waals surface area contributed by atoms with Crippen LogP contribution in [0.2, 0.25) is 0 Å². The normalized spacial score (nSPS) is 24.5. The zero-order valence-electron chi connectivity index (χ0n) is 12.6. The van der Waals surface area contributed by atoms with Gasteiger partial charge in [0.25, 0.3) is 0 Å². The SMILES string of the molecule is O=C1C[C@H](C(=O)O)C2(CCN(CCCn3cccn3)CC2)N1. The monoisotopic (exact) mass is 306 g/mol. The second-order valence-corrected chi connectivity index (χ2v) is 6.26. The molecule has 7 heteroatoms. The maximum atomic E-state index is 11.6. The van der Waals surface area contributed by atoms with Crippen molar-refractivity contribution in [2.45, 2.75) is 37.8 Å². The fraction of sp³-hybridized carbons (Fsp3) is 0.667.